The number of pyridine rings is 1. The van der Waals surface area contributed by atoms with Gasteiger partial charge in [0.2, 0.25) is 11.7 Å². The molecule has 8 nitrogen and oxygen atoms in total. The van der Waals surface area contributed by atoms with E-state index in [1.807, 2.05) is 0 Å². The second-order valence-electron chi connectivity index (χ2n) is 7.39. The van der Waals surface area contributed by atoms with Gasteiger partial charge in [-0.3, -0.25) is 9.48 Å². The van der Waals surface area contributed by atoms with Crippen LogP contribution < -0.4 is 4.74 Å². The van der Waals surface area contributed by atoms with Crippen molar-refractivity contribution in [2.45, 2.75) is 25.4 Å². The van der Waals surface area contributed by atoms with Crippen LogP contribution in [0, 0.1) is 5.82 Å². The van der Waals surface area contributed by atoms with Crippen LogP contribution in [0.3, 0.4) is 0 Å². The number of aryl methyl sites for hydroxylation is 1. The molecule has 1 aliphatic rings. The summed E-state index contributed by atoms with van der Waals surface area (Å²) in [7, 11) is 3.22. The molecular weight excluding hydrogens is 401 g/mol. The minimum Gasteiger partial charge on any atom is -0.481 e. The normalized spacial score (nSPS) is 14.4. The molecule has 1 saturated heterocycles. The van der Waals surface area contributed by atoms with Gasteiger partial charge in [-0.05, 0) is 42.7 Å². The molecule has 0 atom stereocenters. The molecule has 0 bridgehead atoms. The predicted octanol–water partition coefficient (Wildman–Crippen LogP) is 2.85. The Morgan fingerprint density at radius 1 is 1.26 bits per heavy atom. The minimum atomic E-state index is -0.384. The molecule has 3 heterocycles. The average Bonchev–Trinajstić information content (AvgIpc) is 3.25. The first-order valence-electron chi connectivity index (χ1n) is 10.1. The lowest BCUT2D eigenvalue weighted by Crippen LogP contribution is -2.43. The Labute approximate surface area is 179 Å². The fourth-order valence-corrected chi connectivity index (χ4v) is 3.76. The first-order valence-corrected chi connectivity index (χ1v) is 10.1. The summed E-state index contributed by atoms with van der Waals surface area (Å²) in [6, 6.07) is 8.31. The Kier molecular flexibility index (Phi) is 6.22. The Morgan fingerprint density at radius 3 is 2.77 bits per heavy atom. The fourth-order valence-electron chi connectivity index (χ4n) is 3.76. The zero-order valence-corrected chi connectivity index (χ0v) is 17.5. The first kappa shape index (κ1) is 20.9. The van der Waals surface area contributed by atoms with E-state index in [1.165, 1.54) is 24.2 Å². The summed E-state index contributed by atoms with van der Waals surface area (Å²) in [6.07, 6.45) is 4.54. The zero-order valence-electron chi connectivity index (χ0n) is 17.5. The molecule has 9 heteroatoms. The molecule has 0 N–H and O–H groups in total. The van der Waals surface area contributed by atoms with E-state index in [2.05, 4.69) is 15.1 Å². The van der Waals surface area contributed by atoms with Crippen LogP contribution in [0.1, 0.15) is 29.0 Å². The van der Waals surface area contributed by atoms with Crippen molar-refractivity contribution in [2.75, 3.05) is 20.3 Å². The molecule has 3 aromatic rings. The SMILES string of the molecule is COc1ncccc1-c1cc(CN(C(=O)c2ncn(C)n2)C2CCOCC2)ccc1F. The number of hydrogen-bond donors (Lipinski definition) is 0. The van der Waals surface area contributed by atoms with Gasteiger partial charge < -0.3 is 14.4 Å². The maximum Gasteiger partial charge on any atom is 0.294 e. The highest BCUT2D eigenvalue weighted by molar-refractivity contribution is 5.90. The van der Waals surface area contributed by atoms with E-state index in [0.717, 1.165) is 18.4 Å². The lowest BCUT2D eigenvalue weighted by molar-refractivity contribution is 0.0260. The molecule has 1 aromatic carbocycles. The van der Waals surface area contributed by atoms with Crippen molar-refractivity contribution < 1.29 is 18.7 Å². The number of aromatic nitrogens is 4. The van der Waals surface area contributed by atoms with E-state index in [9.17, 15) is 9.18 Å². The summed E-state index contributed by atoms with van der Waals surface area (Å²) < 4.78 is 26.9. The number of carbonyl (C=O) groups is 1. The van der Waals surface area contributed by atoms with Crippen LogP contribution in [0.15, 0.2) is 42.9 Å². The highest BCUT2D eigenvalue weighted by atomic mass is 19.1. The van der Waals surface area contributed by atoms with Crippen LogP contribution in [-0.2, 0) is 18.3 Å². The van der Waals surface area contributed by atoms with Gasteiger partial charge in [0, 0.05) is 50.2 Å². The van der Waals surface area contributed by atoms with E-state index in [-0.39, 0.29) is 23.6 Å². The number of benzene rings is 1. The summed E-state index contributed by atoms with van der Waals surface area (Å²) in [5.41, 5.74) is 1.72. The van der Waals surface area contributed by atoms with Crippen molar-refractivity contribution in [3.05, 3.63) is 60.1 Å². The number of nitrogens with zero attached hydrogens (tertiary/aromatic N) is 5. The van der Waals surface area contributed by atoms with Crippen LogP contribution in [0.2, 0.25) is 0 Å². The molecule has 0 saturated carbocycles. The number of halogens is 1. The van der Waals surface area contributed by atoms with Crippen LogP contribution in [0.25, 0.3) is 11.1 Å². The third-order valence-electron chi connectivity index (χ3n) is 5.32. The molecule has 1 fully saturated rings. The van der Waals surface area contributed by atoms with Crippen LogP contribution in [0.5, 0.6) is 5.88 Å². The highest BCUT2D eigenvalue weighted by Gasteiger charge is 2.29. The Bertz CT molecular complexity index is 1060. The van der Waals surface area contributed by atoms with Crippen molar-refractivity contribution >= 4 is 5.91 Å². The van der Waals surface area contributed by atoms with Gasteiger partial charge in [-0.1, -0.05) is 6.07 Å². The lowest BCUT2D eigenvalue weighted by Gasteiger charge is -2.34. The van der Waals surface area contributed by atoms with E-state index >= 15 is 0 Å². The van der Waals surface area contributed by atoms with E-state index in [1.54, 1.807) is 42.4 Å². The van der Waals surface area contributed by atoms with Gasteiger partial charge in [0.15, 0.2) is 0 Å². The van der Waals surface area contributed by atoms with Crippen molar-refractivity contribution in [3.8, 4) is 17.0 Å². The second kappa shape index (κ2) is 9.22. The molecule has 1 amide bonds. The molecule has 2 aromatic heterocycles. The Balaban J connectivity index is 1.67. The summed E-state index contributed by atoms with van der Waals surface area (Å²) in [5, 5.41) is 4.17. The quantitative estimate of drug-likeness (QED) is 0.604. The van der Waals surface area contributed by atoms with E-state index in [0.29, 0.717) is 36.8 Å². The maximum absolute atomic E-state index is 14.7. The molecule has 4 rings (SSSR count). The fraction of sp³-hybridized carbons (Fsp3) is 0.364. The molecular formula is C22H24FN5O3. The minimum absolute atomic E-state index is 0.00788. The highest BCUT2D eigenvalue weighted by Crippen LogP contribution is 2.31. The summed E-state index contributed by atoms with van der Waals surface area (Å²) >= 11 is 0. The summed E-state index contributed by atoms with van der Waals surface area (Å²) in [6.45, 7) is 1.48. The van der Waals surface area contributed by atoms with Crippen LogP contribution in [-0.4, -0.2) is 56.9 Å². The molecule has 0 unspecified atom stereocenters. The van der Waals surface area contributed by atoms with E-state index < -0.39 is 0 Å². The molecule has 0 aliphatic carbocycles. The number of rotatable bonds is 6. The standard InChI is InChI=1S/C22H24FN5O3/c1-27-14-25-20(26-27)22(29)28(16-7-10-31-11-8-16)13-15-5-6-19(23)18(12-15)17-4-3-9-24-21(17)30-2/h3-6,9,12,14,16H,7-8,10-11,13H2,1-2H3. The molecule has 0 radical (unpaired) electrons. The van der Waals surface area contributed by atoms with Gasteiger partial charge in [-0.2, -0.15) is 0 Å². The predicted molar refractivity (Wildman–Crippen MR) is 111 cm³/mol. The monoisotopic (exact) mass is 425 g/mol. The molecule has 1 aliphatic heterocycles. The first-order chi connectivity index (χ1) is 15.1. The number of amides is 1. The molecule has 0 spiro atoms. The third kappa shape index (κ3) is 4.56. The zero-order chi connectivity index (χ0) is 21.8. The smallest absolute Gasteiger partial charge is 0.294 e. The largest absolute Gasteiger partial charge is 0.481 e. The van der Waals surface area contributed by atoms with Crippen molar-refractivity contribution in [1.29, 1.82) is 0 Å². The van der Waals surface area contributed by atoms with Gasteiger partial charge in [0.25, 0.3) is 5.91 Å². The summed E-state index contributed by atoms with van der Waals surface area (Å²) in [4.78, 5) is 23.3. The van der Waals surface area contributed by atoms with Gasteiger partial charge >= 0.3 is 0 Å². The Hall–Kier alpha value is -3.33. The molecule has 31 heavy (non-hydrogen) atoms. The number of ether oxygens (including phenoxy) is 2. The van der Waals surface area contributed by atoms with Crippen LogP contribution >= 0.6 is 0 Å². The average molecular weight is 425 g/mol. The number of carbonyl (C=O) groups excluding carboxylic acids is 1. The van der Waals surface area contributed by atoms with Gasteiger partial charge in [0.05, 0.1) is 7.11 Å². The number of hydrogen-bond acceptors (Lipinski definition) is 6. The molecule has 162 valence electrons. The van der Waals surface area contributed by atoms with Crippen molar-refractivity contribution in [2.24, 2.45) is 7.05 Å². The topological polar surface area (TPSA) is 82.4 Å². The van der Waals surface area contributed by atoms with Gasteiger partial charge in [-0.15, -0.1) is 5.10 Å². The lowest BCUT2D eigenvalue weighted by atomic mass is 10.0. The summed E-state index contributed by atoms with van der Waals surface area (Å²) in [5.74, 6) is -0.151. The van der Waals surface area contributed by atoms with Crippen molar-refractivity contribution in [3.63, 3.8) is 0 Å². The van der Waals surface area contributed by atoms with E-state index in [4.69, 9.17) is 9.47 Å². The Morgan fingerprint density at radius 2 is 2.06 bits per heavy atom. The second-order valence-corrected chi connectivity index (χ2v) is 7.39. The van der Waals surface area contributed by atoms with Crippen molar-refractivity contribution in [1.82, 2.24) is 24.6 Å². The van der Waals surface area contributed by atoms with Gasteiger partial charge in [-0.25, -0.2) is 14.4 Å². The van der Waals surface area contributed by atoms with Crippen LogP contribution in [0.4, 0.5) is 4.39 Å². The maximum atomic E-state index is 14.7. The number of methoxy groups -OCH3 is 1. The van der Waals surface area contributed by atoms with Gasteiger partial charge in [0.1, 0.15) is 12.1 Å². The third-order valence-corrected chi connectivity index (χ3v) is 5.32.